The van der Waals surface area contributed by atoms with Crippen LogP contribution in [-0.2, 0) is 36.1 Å². The van der Waals surface area contributed by atoms with Crippen molar-refractivity contribution in [3.8, 4) is 0 Å². The number of fused-ring (bicyclic) bond motifs is 1. The van der Waals surface area contributed by atoms with Crippen LogP contribution >= 0.6 is 23.2 Å². The van der Waals surface area contributed by atoms with Gasteiger partial charge < -0.3 is 9.80 Å². The number of nitrogens with one attached hydrogen (secondary N) is 1. The number of sulfonamides is 2. The minimum absolute atomic E-state index is 0.0878. The number of benzene rings is 1. The molecule has 11 nitrogen and oxygen atoms in total. The van der Waals surface area contributed by atoms with Gasteiger partial charge in [-0.05, 0) is 62.6 Å². The zero-order chi connectivity index (χ0) is 29.0. The zero-order valence-corrected chi connectivity index (χ0v) is 24.9. The van der Waals surface area contributed by atoms with Gasteiger partial charge in [0.15, 0.2) is 0 Å². The van der Waals surface area contributed by atoms with Crippen LogP contribution in [0.3, 0.4) is 0 Å². The molecule has 3 atom stereocenters. The maximum atomic E-state index is 14.1. The quantitative estimate of drug-likeness (QED) is 0.470. The highest BCUT2D eigenvalue weighted by Crippen LogP contribution is 2.36. The minimum atomic E-state index is -4.39. The number of pyridine rings is 1. The summed E-state index contributed by atoms with van der Waals surface area (Å²) in [6, 6.07) is 4.57. The van der Waals surface area contributed by atoms with Gasteiger partial charge in [0.25, 0.3) is 0 Å². The molecular formula is C25H29Cl2N5O6S2. The number of carbonyl (C=O) groups is 2. The average molecular weight is 631 g/mol. The summed E-state index contributed by atoms with van der Waals surface area (Å²) in [5.41, 5.74) is 0.710. The SMILES string of the molecule is CC(C)N1CC2N(C(=O)C(NS(=O)(=O)C3CC3)CN2S(=O)(=O)c2ccc(Cl)cc2Cl)C(Cc2ccncc2)C1=O. The lowest BCUT2D eigenvalue weighted by Crippen LogP contribution is -2.76. The number of hydrogen-bond acceptors (Lipinski definition) is 7. The summed E-state index contributed by atoms with van der Waals surface area (Å²) in [7, 11) is -8.28. The molecule has 3 unspecified atom stereocenters. The van der Waals surface area contributed by atoms with E-state index in [1.807, 2.05) is 13.8 Å². The number of halogens is 2. The molecule has 3 heterocycles. The third-order valence-electron chi connectivity index (χ3n) is 7.38. The number of nitrogens with zero attached hydrogens (tertiary/aromatic N) is 4. The molecule has 3 aliphatic rings. The van der Waals surface area contributed by atoms with Crippen LogP contribution in [0.4, 0.5) is 0 Å². The van der Waals surface area contributed by atoms with Crippen molar-refractivity contribution in [2.75, 3.05) is 13.1 Å². The van der Waals surface area contributed by atoms with Crippen LogP contribution in [0, 0.1) is 0 Å². The molecule has 1 saturated carbocycles. The van der Waals surface area contributed by atoms with Crippen LogP contribution < -0.4 is 4.72 Å². The van der Waals surface area contributed by atoms with Crippen LogP contribution in [0.1, 0.15) is 32.3 Å². The number of amides is 2. The van der Waals surface area contributed by atoms with Gasteiger partial charge in [-0.3, -0.25) is 14.6 Å². The van der Waals surface area contributed by atoms with Crippen LogP contribution in [0.5, 0.6) is 0 Å². The first kappa shape index (κ1) is 29.2. The van der Waals surface area contributed by atoms with Gasteiger partial charge in [0.05, 0.1) is 16.8 Å². The van der Waals surface area contributed by atoms with E-state index in [1.54, 1.807) is 29.4 Å². The van der Waals surface area contributed by atoms with Crippen molar-refractivity contribution < 1.29 is 26.4 Å². The third-order valence-corrected chi connectivity index (χ3v) is 11.9. The van der Waals surface area contributed by atoms with Crippen molar-refractivity contribution in [2.24, 2.45) is 0 Å². The van der Waals surface area contributed by atoms with Crippen LogP contribution in [-0.4, -0.2) is 90.4 Å². The third kappa shape index (κ3) is 5.47. The summed E-state index contributed by atoms with van der Waals surface area (Å²) in [6.45, 7) is 3.06. The van der Waals surface area contributed by atoms with Gasteiger partial charge in [0.2, 0.25) is 31.9 Å². The van der Waals surface area contributed by atoms with E-state index < -0.39 is 56.0 Å². The fourth-order valence-corrected chi connectivity index (χ4v) is 9.04. The Hall–Kier alpha value is -2.29. The fourth-order valence-electron chi connectivity index (χ4n) is 5.18. The Balaban J connectivity index is 1.63. The summed E-state index contributed by atoms with van der Waals surface area (Å²) in [6.07, 6.45) is 3.02. The first-order valence-electron chi connectivity index (χ1n) is 12.8. The molecule has 2 aliphatic heterocycles. The molecule has 216 valence electrons. The van der Waals surface area contributed by atoms with Crippen molar-refractivity contribution in [3.05, 3.63) is 58.3 Å². The second kappa shape index (κ2) is 10.8. The highest BCUT2D eigenvalue weighted by Gasteiger charge is 2.55. The lowest BCUT2D eigenvalue weighted by molar-refractivity contribution is -0.168. The van der Waals surface area contributed by atoms with E-state index in [9.17, 15) is 26.4 Å². The van der Waals surface area contributed by atoms with Gasteiger partial charge in [-0.15, -0.1) is 0 Å². The molecule has 1 aromatic heterocycles. The topological polar surface area (TPSA) is 137 Å². The average Bonchev–Trinajstić information content (AvgIpc) is 3.73. The Labute approximate surface area is 243 Å². The molecule has 1 aliphatic carbocycles. The van der Waals surface area contributed by atoms with Crippen molar-refractivity contribution in [1.82, 2.24) is 23.8 Å². The molecule has 1 aromatic carbocycles. The molecule has 0 bridgehead atoms. The first-order chi connectivity index (χ1) is 18.8. The number of piperazine rings is 1. The first-order valence-corrected chi connectivity index (χ1v) is 16.5. The standard InChI is InChI=1S/C25H29Cl2N5O6S2/c1-15(2)30-14-23-31(40(37,38)22-6-3-17(26)12-19(22)27)13-20(29-39(35,36)18-4-5-18)24(33)32(23)21(25(30)34)11-16-7-9-28-10-8-16/h3,6-10,12,15,18,20-21,23,29H,4-5,11,13-14H2,1-2H3. The van der Waals surface area contributed by atoms with Gasteiger partial charge in [-0.2, -0.15) is 4.31 Å². The lowest BCUT2D eigenvalue weighted by Gasteiger charge is -2.54. The number of hydrogen-bond donors (Lipinski definition) is 1. The smallest absolute Gasteiger partial charge is 0.246 e. The van der Waals surface area contributed by atoms with Gasteiger partial charge in [0, 0.05) is 36.4 Å². The molecular weight excluding hydrogens is 601 g/mol. The zero-order valence-electron chi connectivity index (χ0n) is 21.8. The second-order valence-corrected chi connectivity index (χ2v) is 15.1. The Morgan fingerprint density at radius 1 is 1.00 bits per heavy atom. The Morgan fingerprint density at radius 2 is 1.68 bits per heavy atom. The lowest BCUT2D eigenvalue weighted by atomic mass is 9.97. The monoisotopic (exact) mass is 629 g/mol. The van der Waals surface area contributed by atoms with Crippen LogP contribution in [0.25, 0.3) is 0 Å². The minimum Gasteiger partial charge on any atom is -0.335 e. The van der Waals surface area contributed by atoms with Crippen molar-refractivity contribution in [2.45, 2.75) is 67.5 Å². The van der Waals surface area contributed by atoms with Gasteiger partial charge >= 0.3 is 0 Å². The summed E-state index contributed by atoms with van der Waals surface area (Å²) >= 11 is 12.3. The van der Waals surface area contributed by atoms with Crippen LogP contribution in [0.2, 0.25) is 10.0 Å². The molecule has 5 rings (SSSR count). The molecule has 40 heavy (non-hydrogen) atoms. The van der Waals surface area contributed by atoms with Crippen molar-refractivity contribution in [3.63, 3.8) is 0 Å². The predicted octanol–water partition coefficient (Wildman–Crippen LogP) is 1.86. The Morgan fingerprint density at radius 3 is 2.27 bits per heavy atom. The van der Waals surface area contributed by atoms with E-state index in [1.165, 1.54) is 23.1 Å². The van der Waals surface area contributed by atoms with Crippen molar-refractivity contribution >= 4 is 55.1 Å². The van der Waals surface area contributed by atoms with E-state index in [-0.39, 0.29) is 39.9 Å². The molecule has 2 amide bonds. The number of aromatic nitrogens is 1. The summed E-state index contributed by atoms with van der Waals surface area (Å²) in [4.78, 5) is 34.3. The number of rotatable bonds is 8. The van der Waals surface area contributed by atoms with E-state index in [4.69, 9.17) is 23.2 Å². The fraction of sp³-hybridized carbons (Fsp3) is 0.480. The van der Waals surface area contributed by atoms with E-state index in [0.29, 0.717) is 18.4 Å². The van der Waals surface area contributed by atoms with E-state index in [2.05, 4.69) is 9.71 Å². The van der Waals surface area contributed by atoms with Gasteiger partial charge in [-0.25, -0.2) is 21.6 Å². The molecule has 1 N–H and O–H groups in total. The van der Waals surface area contributed by atoms with Gasteiger partial charge in [-0.1, -0.05) is 23.2 Å². The maximum Gasteiger partial charge on any atom is 0.246 e. The highest BCUT2D eigenvalue weighted by molar-refractivity contribution is 7.90. The van der Waals surface area contributed by atoms with Gasteiger partial charge in [0.1, 0.15) is 23.1 Å². The molecule has 3 fully saturated rings. The summed E-state index contributed by atoms with van der Waals surface area (Å²) < 4.78 is 57.6. The Bertz CT molecular complexity index is 1540. The van der Waals surface area contributed by atoms with E-state index in [0.717, 1.165) is 4.31 Å². The molecule has 15 heteroatoms. The summed E-state index contributed by atoms with van der Waals surface area (Å²) in [5, 5.41) is -0.519. The Kier molecular flexibility index (Phi) is 7.92. The summed E-state index contributed by atoms with van der Waals surface area (Å²) in [5.74, 6) is -1.01. The molecule has 2 aromatic rings. The van der Waals surface area contributed by atoms with Crippen molar-refractivity contribution in [1.29, 1.82) is 0 Å². The highest BCUT2D eigenvalue weighted by atomic mass is 35.5. The normalized spacial score (nSPS) is 24.5. The second-order valence-electron chi connectivity index (χ2n) is 10.5. The van der Waals surface area contributed by atoms with E-state index >= 15 is 0 Å². The maximum absolute atomic E-state index is 14.1. The molecule has 0 radical (unpaired) electrons. The molecule has 0 spiro atoms. The number of carbonyl (C=O) groups excluding carboxylic acids is 2. The largest absolute Gasteiger partial charge is 0.335 e. The van der Waals surface area contributed by atoms with Crippen LogP contribution in [0.15, 0.2) is 47.6 Å². The predicted molar refractivity (Wildman–Crippen MR) is 148 cm³/mol. The molecule has 2 saturated heterocycles.